The second-order valence-electron chi connectivity index (χ2n) is 6.17. The number of nitrogens with one attached hydrogen (secondary N) is 2. The van der Waals surface area contributed by atoms with Crippen LogP contribution in [-0.4, -0.2) is 21.1 Å². The minimum atomic E-state index is -0.400. The Balaban J connectivity index is 1.72. The number of hydrogen-bond acceptors (Lipinski definition) is 4. The number of fused-ring (bicyclic) bond motifs is 1. The number of aryl methyl sites for hydroxylation is 1. The highest BCUT2D eigenvalue weighted by atomic mass is 35.5. The van der Waals surface area contributed by atoms with E-state index in [-0.39, 0.29) is 11.5 Å². The van der Waals surface area contributed by atoms with Crippen molar-refractivity contribution in [3.8, 4) is 0 Å². The van der Waals surface area contributed by atoms with Crippen molar-refractivity contribution in [3.05, 3.63) is 50.4 Å². The number of benzene rings is 1. The minimum absolute atomic E-state index is 0.0782. The molecule has 1 aromatic heterocycles. The topological polar surface area (TPSA) is 74.8 Å². The van der Waals surface area contributed by atoms with E-state index in [1.807, 2.05) is 13.0 Å². The second kappa shape index (κ2) is 7.62. The Morgan fingerprint density at radius 1 is 1.36 bits per heavy atom. The first-order valence-electron chi connectivity index (χ1n) is 8.30. The Bertz CT molecular complexity index is 866. The molecule has 2 N–H and O–H groups in total. The van der Waals surface area contributed by atoms with Gasteiger partial charge in [0.05, 0.1) is 10.9 Å². The van der Waals surface area contributed by atoms with Crippen molar-refractivity contribution in [1.82, 2.24) is 9.97 Å². The van der Waals surface area contributed by atoms with E-state index in [2.05, 4.69) is 15.3 Å². The van der Waals surface area contributed by atoms with Gasteiger partial charge in [-0.25, -0.2) is 4.98 Å². The van der Waals surface area contributed by atoms with Crippen molar-refractivity contribution in [3.63, 3.8) is 0 Å². The van der Waals surface area contributed by atoms with Gasteiger partial charge in [-0.15, -0.1) is 0 Å². The van der Waals surface area contributed by atoms with Gasteiger partial charge < -0.3 is 10.3 Å². The maximum Gasteiger partial charge on any atom is 0.254 e. The molecule has 3 rings (SSSR count). The quantitative estimate of drug-likeness (QED) is 0.628. The van der Waals surface area contributed by atoms with E-state index in [1.54, 1.807) is 19.1 Å². The summed E-state index contributed by atoms with van der Waals surface area (Å²) in [4.78, 5) is 32.0. The Kier molecular flexibility index (Phi) is 5.49. The van der Waals surface area contributed by atoms with E-state index in [1.165, 1.54) is 11.8 Å². The summed E-state index contributed by atoms with van der Waals surface area (Å²) in [7, 11) is 0. The third kappa shape index (κ3) is 4.07. The summed E-state index contributed by atoms with van der Waals surface area (Å²) in [6.07, 6.45) is 3.70. The smallest absolute Gasteiger partial charge is 0.254 e. The first-order chi connectivity index (χ1) is 12.0. The van der Waals surface area contributed by atoms with E-state index < -0.39 is 5.25 Å². The van der Waals surface area contributed by atoms with Gasteiger partial charge in [0, 0.05) is 16.3 Å². The number of carbonyl (C=O) groups excluding carboxylic acids is 1. The van der Waals surface area contributed by atoms with E-state index in [0.717, 1.165) is 42.5 Å². The maximum atomic E-state index is 12.5. The molecule has 5 nitrogen and oxygen atoms in total. The van der Waals surface area contributed by atoms with E-state index in [9.17, 15) is 9.59 Å². The Hall–Kier alpha value is -1.79. The van der Waals surface area contributed by atoms with E-state index in [0.29, 0.717) is 15.9 Å². The number of halogens is 1. The zero-order chi connectivity index (χ0) is 18.0. The molecule has 1 heterocycles. The number of carbonyl (C=O) groups is 1. The zero-order valence-electron chi connectivity index (χ0n) is 14.2. The van der Waals surface area contributed by atoms with Gasteiger partial charge in [-0.1, -0.05) is 29.4 Å². The van der Waals surface area contributed by atoms with Crippen LogP contribution in [0.4, 0.5) is 5.69 Å². The molecule has 1 aliphatic carbocycles. The van der Waals surface area contributed by atoms with Crippen molar-refractivity contribution in [1.29, 1.82) is 0 Å². The van der Waals surface area contributed by atoms with Crippen LogP contribution < -0.4 is 10.9 Å². The second-order valence-corrected chi connectivity index (χ2v) is 7.90. The number of thioether (sulfide) groups is 1. The molecule has 2 aromatic rings. The number of aromatic amines is 1. The molecule has 1 atom stereocenters. The number of rotatable bonds is 4. The fourth-order valence-corrected chi connectivity index (χ4v) is 3.82. The fraction of sp³-hybridized carbons (Fsp3) is 0.389. The monoisotopic (exact) mass is 377 g/mol. The molecule has 0 aliphatic heterocycles. The van der Waals surface area contributed by atoms with Crippen LogP contribution in [0.25, 0.3) is 0 Å². The molecule has 0 unspecified atom stereocenters. The average molecular weight is 378 g/mol. The van der Waals surface area contributed by atoms with Gasteiger partial charge in [0.1, 0.15) is 0 Å². The predicted octanol–water partition coefficient (Wildman–Crippen LogP) is 3.73. The largest absolute Gasteiger partial charge is 0.325 e. The van der Waals surface area contributed by atoms with Gasteiger partial charge in [0.25, 0.3) is 5.56 Å². The van der Waals surface area contributed by atoms with Gasteiger partial charge >= 0.3 is 0 Å². The van der Waals surface area contributed by atoms with Crippen LogP contribution in [0.5, 0.6) is 0 Å². The summed E-state index contributed by atoms with van der Waals surface area (Å²) in [6.45, 7) is 3.65. The minimum Gasteiger partial charge on any atom is -0.325 e. The first-order valence-corrected chi connectivity index (χ1v) is 9.56. The van der Waals surface area contributed by atoms with Crippen LogP contribution in [0.3, 0.4) is 0 Å². The lowest BCUT2D eigenvalue weighted by atomic mass is 9.97. The van der Waals surface area contributed by atoms with Crippen molar-refractivity contribution in [2.45, 2.75) is 49.9 Å². The number of hydrogen-bond donors (Lipinski definition) is 2. The molecule has 1 amide bonds. The van der Waals surface area contributed by atoms with Gasteiger partial charge in [0.2, 0.25) is 5.91 Å². The van der Waals surface area contributed by atoms with Crippen molar-refractivity contribution < 1.29 is 4.79 Å². The zero-order valence-corrected chi connectivity index (χ0v) is 15.8. The van der Waals surface area contributed by atoms with Gasteiger partial charge in [-0.3, -0.25) is 9.59 Å². The summed E-state index contributed by atoms with van der Waals surface area (Å²) in [6, 6.07) is 5.40. The highest BCUT2D eigenvalue weighted by Gasteiger charge is 2.20. The molecule has 7 heteroatoms. The molecule has 0 fully saturated rings. The summed E-state index contributed by atoms with van der Waals surface area (Å²) < 4.78 is 0. The van der Waals surface area contributed by atoms with Gasteiger partial charge in [0.15, 0.2) is 5.16 Å². The molecule has 1 aliphatic rings. The van der Waals surface area contributed by atoms with Crippen molar-refractivity contribution in [2.75, 3.05) is 5.32 Å². The van der Waals surface area contributed by atoms with E-state index >= 15 is 0 Å². The number of nitrogens with zero attached hydrogens (tertiary/aromatic N) is 1. The number of H-pyrrole nitrogens is 1. The molecule has 0 saturated carbocycles. The average Bonchev–Trinajstić information content (AvgIpc) is 2.59. The van der Waals surface area contributed by atoms with Crippen molar-refractivity contribution >= 4 is 35.0 Å². The molecule has 0 bridgehead atoms. The fourth-order valence-electron chi connectivity index (χ4n) is 2.83. The van der Waals surface area contributed by atoms with Gasteiger partial charge in [-0.05, 0) is 57.2 Å². The number of amides is 1. The lowest BCUT2D eigenvalue weighted by Gasteiger charge is -2.16. The summed E-state index contributed by atoms with van der Waals surface area (Å²) in [5.41, 5.74) is 3.11. The summed E-state index contributed by atoms with van der Waals surface area (Å²) in [5, 5.41) is 3.59. The predicted molar refractivity (Wildman–Crippen MR) is 102 cm³/mol. The molecular formula is C18H20ClN3O2S. The third-order valence-corrected chi connectivity index (χ3v) is 5.75. The SMILES string of the molecule is Cc1c(Cl)cccc1NC(=O)[C@H](C)Sc1nc2c(c(=O)[nH]1)CCCC2. The highest BCUT2D eigenvalue weighted by molar-refractivity contribution is 8.00. The van der Waals surface area contributed by atoms with Crippen LogP contribution in [0, 0.1) is 6.92 Å². The molecule has 1 aromatic carbocycles. The molecule has 0 spiro atoms. The third-order valence-electron chi connectivity index (χ3n) is 4.35. The number of aromatic nitrogens is 2. The maximum absolute atomic E-state index is 12.5. The molecule has 0 radical (unpaired) electrons. The van der Waals surface area contributed by atoms with Crippen LogP contribution in [0.15, 0.2) is 28.2 Å². The van der Waals surface area contributed by atoms with Gasteiger partial charge in [-0.2, -0.15) is 0 Å². The highest BCUT2D eigenvalue weighted by Crippen LogP contribution is 2.26. The number of anilines is 1. The Morgan fingerprint density at radius 2 is 2.12 bits per heavy atom. The molecular weight excluding hydrogens is 358 g/mol. The molecule has 132 valence electrons. The summed E-state index contributed by atoms with van der Waals surface area (Å²) in [5.74, 6) is -0.157. The molecule has 0 saturated heterocycles. The Morgan fingerprint density at radius 3 is 2.92 bits per heavy atom. The molecule has 25 heavy (non-hydrogen) atoms. The standard InChI is InChI=1S/C18H20ClN3O2S/c1-10-13(19)7-5-9-14(10)20-16(23)11(2)25-18-21-15-8-4-3-6-12(15)17(24)22-18/h5,7,9,11H,3-4,6,8H2,1-2H3,(H,20,23)(H,21,22,24)/t11-/m0/s1. The van der Waals surface area contributed by atoms with Crippen LogP contribution in [0.1, 0.15) is 36.6 Å². The van der Waals surface area contributed by atoms with Crippen molar-refractivity contribution in [2.24, 2.45) is 0 Å². The summed E-state index contributed by atoms with van der Waals surface area (Å²) >= 11 is 7.34. The lowest BCUT2D eigenvalue weighted by molar-refractivity contribution is -0.115. The Labute approximate surface area is 155 Å². The van der Waals surface area contributed by atoms with Crippen LogP contribution >= 0.6 is 23.4 Å². The first kappa shape index (κ1) is 18.0. The van der Waals surface area contributed by atoms with Crippen LogP contribution in [-0.2, 0) is 17.6 Å². The van der Waals surface area contributed by atoms with Crippen LogP contribution in [0.2, 0.25) is 5.02 Å². The van der Waals surface area contributed by atoms with E-state index in [4.69, 9.17) is 11.6 Å². The normalized spacial score (nSPS) is 14.7. The lowest BCUT2D eigenvalue weighted by Crippen LogP contribution is -2.25.